The average Bonchev–Trinajstić information content (AvgIpc) is 1.30. The monoisotopic (exact) mass is 313 g/mol. The molecule has 0 aliphatic heterocycles. The molecule has 0 aromatic rings. The molecule has 4 nitrogen and oxygen atoms in total. The second-order valence-corrected chi connectivity index (χ2v) is 2.89. The van der Waals surface area contributed by atoms with Gasteiger partial charge in [-0.15, -0.1) is 0 Å². The van der Waals surface area contributed by atoms with E-state index < -0.39 is 20.4 Å². The van der Waals surface area contributed by atoms with Crippen molar-refractivity contribution in [3.8, 4) is 0 Å². The van der Waals surface area contributed by atoms with Gasteiger partial charge in [0.25, 0.3) is 0 Å². The van der Waals surface area contributed by atoms with Crippen LogP contribution in [0.3, 0.4) is 0 Å². The van der Waals surface area contributed by atoms with Gasteiger partial charge in [0, 0.05) is 20.4 Å². The molecule has 0 heterocycles. The van der Waals surface area contributed by atoms with Crippen molar-refractivity contribution in [2.24, 2.45) is 0 Å². The Bertz CT molecular complexity index is 88.0. The van der Waals surface area contributed by atoms with Gasteiger partial charge in [0.05, 0.1) is 12.8 Å². The summed E-state index contributed by atoms with van der Waals surface area (Å²) in [6, 6.07) is 0. The maximum atomic E-state index is 9.77. The van der Waals surface area contributed by atoms with Gasteiger partial charge in [-0.25, -0.2) is 0 Å². The molecule has 1 radical (unpaired) electrons. The van der Waals surface area contributed by atoms with E-state index >= 15 is 0 Å². The van der Waals surface area contributed by atoms with E-state index in [1.807, 2.05) is 0 Å². The van der Waals surface area contributed by atoms with Crippen molar-refractivity contribution in [1.82, 2.24) is 0 Å². The first kappa shape index (κ1) is 11.6. The minimum absolute atomic E-state index is 0. The first-order chi connectivity index (χ1) is 3.06. The molecule has 0 fully saturated rings. The number of hydrogen-bond acceptors (Lipinski definition) is 2. The molecule has 0 aromatic carbocycles. The maximum absolute atomic E-state index is 9.77. The molecule has 0 bridgehead atoms. The van der Waals surface area contributed by atoms with E-state index in [9.17, 15) is 4.57 Å². The van der Waals surface area contributed by atoms with Crippen molar-refractivity contribution in [2.45, 2.75) is 0 Å². The Kier molecular flexibility index (Phi) is 6.69. The van der Waals surface area contributed by atoms with Gasteiger partial charge in [0.2, 0.25) is 0 Å². The molecule has 3 N–H and O–H groups in total. The summed E-state index contributed by atoms with van der Waals surface area (Å²) < 4.78 is 9.77. The summed E-state index contributed by atoms with van der Waals surface area (Å²) in [5.41, 5.74) is 0. The average molecular weight is 312 g/mol. The summed E-state index contributed by atoms with van der Waals surface area (Å²) >= 11 is 0. The third-order valence-corrected chi connectivity index (χ3v) is 1.17. The van der Waals surface area contributed by atoms with Crippen LogP contribution in [0.2, 0.25) is 0 Å². The van der Waals surface area contributed by atoms with Gasteiger partial charge >= 0.3 is 7.60 Å². The van der Waals surface area contributed by atoms with Crippen LogP contribution in [0.25, 0.3) is 0 Å². The van der Waals surface area contributed by atoms with Gasteiger partial charge in [-0.3, -0.25) is 4.57 Å². The molecule has 0 amide bonds. The van der Waals surface area contributed by atoms with Gasteiger partial charge in [-0.2, -0.15) is 0 Å². The smallest absolute Gasteiger partial charge is 0.327 e. The standard InChI is InChI=1S/C2H7O4P.Re/c3-1-2-7(4,5)6;/h3H,1-2H2,(H2,4,5,6);. The van der Waals surface area contributed by atoms with Gasteiger partial charge in [0.15, 0.2) is 0 Å². The summed E-state index contributed by atoms with van der Waals surface area (Å²) in [5, 5.41) is 7.91. The van der Waals surface area contributed by atoms with Gasteiger partial charge in [-0.1, -0.05) is 0 Å². The fourth-order valence-corrected chi connectivity index (χ4v) is 0.391. The minimum atomic E-state index is -3.92. The van der Waals surface area contributed by atoms with Crippen LogP contribution in [0.5, 0.6) is 0 Å². The Morgan fingerprint density at radius 2 is 1.75 bits per heavy atom. The molecule has 0 saturated carbocycles. The molecular weight excluding hydrogens is 305 g/mol. The van der Waals surface area contributed by atoms with Crippen LogP contribution in [0.4, 0.5) is 0 Å². The molecule has 0 aliphatic carbocycles. The van der Waals surface area contributed by atoms with E-state index in [2.05, 4.69) is 0 Å². The van der Waals surface area contributed by atoms with Crippen molar-refractivity contribution in [3.05, 3.63) is 0 Å². The second-order valence-electron chi connectivity index (χ2n) is 1.11. The summed E-state index contributed by atoms with van der Waals surface area (Å²) in [6.07, 6.45) is -0.438. The largest absolute Gasteiger partial charge is 0.396 e. The molecule has 0 saturated heterocycles. The molecular formula is C2H7O4PRe. The first-order valence-electron chi connectivity index (χ1n) is 1.72. The van der Waals surface area contributed by atoms with Crippen LogP contribution in [-0.2, 0) is 25.0 Å². The van der Waals surface area contributed by atoms with E-state index in [0.29, 0.717) is 0 Å². The zero-order valence-corrected chi connectivity index (χ0v) is 7.60. The summed E-state index contributed by atoms with van der Waals surface area (Å²) in [4.78, 5) is 15.9. The number of rotatable bonds is 2. The first-order valence-corrected chi connectivity index (χ1v) is 3.51. The number of hydrogen-bond donors (Lipinski definition) is 3. The molecule has 0 unspecified atom stereocenters. The normalized spacial score (nSPS) is 10.4. The van der Waals surface area contributed by atoms with Gasteiger partial charge in [0.1, 0.15) is 0 Å². The predicted molar refractivity (Wildman–Crippen MR) is 24.0 cm³/mol. The second kappa shape index (κ2) is 4.63. The maximum Gasteiger partial charge on any atom is 0.327 e. The summed E-state index contributed by atoms with van der Waals surface area (Å²) in [6.45, 7) is -0.454. The zero-order valence-electron chi connectivity index (χ0n) is 3.99. The van der Waals surface area contributed by atoms with Crippen molar-refractivity contribution in [1.29, 1.82) is 0 Å². The van der Waals surface area contributed by atoms with E-state index in [4.69, 9.17) is 14.9 Å². The zero-order chi connectivity index (χ0) is 5.91. The topological polar surface area (TPSA) is 77.8 Å². The number of aliphatic hydroxyl groups excluding tert-OH is 1. The third kappa shape index (κ3) is 9.91. The molecule has 0 rings (SSSR count). The Morgan fingerprint density at radius 1 is 1.38 bits per heavy atom. The summed E-state index contributed by atoms with van der Waals surface area (Å²) in [7, 11) is -3.92. The van der Waals surface area contributed by atoms with Crippen LogP contribution in [0.1, 0.15) is 0 Å². The third-order valence-electron chi connectivity index (χ3n) is 0.391. The van der Waals surface area contributed by atoms with Crippen molar-refractivity contribution in [2.75, 3.05) is 12.8 Å². The summed E-state index contributed by atoms with van der Waals surface area (Å²) in [5.74, 6) is 0. The van der Waals surface area contributed by atoms with Gasteiger partial charge < -0.3 is 14.9 Å². The Labute approximate surface area is 60.7 Å². The van der Waals surface area contributed by atoms with Crippen LogP contribution >= 0.6 is 7.60 Å². The SMILES string of the molecule is O=P(O)(O)CCO.[Re]. The molecule has 8 heavy (non-hydrogen) atoms. The fourth-order valence-electron chi connectivity index (χ4n) is 0.130. The van der Waals surface area contributed by atoms with Crippen LogP contribution in [0, 0.1) is 0 Å². The van der Waals surface area contributed by atoms with Crippen molar-refractivity contribution >= 4 is 7.60 Å². The molecule has 6 heteroatoms. The van der Waals surface area contributed by atoms with Crippen LogP contribution in [0.15, 0.2) is 0 Å². The molecule has 0 aliphatic rings. The van der Waals surface area contributed by atoms with Gasteiger partial charge in [-0.05, 0) is 0 Å². The van der Waals surface area contributed by atoms with Crippen LogP contribution < -0.4 is 0 Å². The van der Waals surface area contributed by atoms with Crippen molar-refractivity contribution < 1.29 is 39.9 Å². The quantitative estimate of drug-likeness (QED) is 0.581. The predicted octanol–water partition coefficient (Wildman–Crippen LogP) is -0.846. The molecule has 0 aromatic heterocycles. The van der Waals surface area contributed by atoms with E-state index in [0.717, 1.165) is 0 Å². The Morgan fingerprint density at radius 3 is 1.75 bits per heavy atom. The molecule has 51 valence electrons. The fraction of sp³-hybridized carbons (Fsp3) is 1.00. The van der Waals surface area contributed by atoms with E-state index in [-0.39, 0.29) is 20.4 Å². The minimum Gasteiger partial charge on any atom is -0.396 e. The molecule has 0 spiro atoms. The van der Waals surface area contributed by atoms with E-state index in [1.165, 1.54) is 0 Å². The molecule has 0 atom stereocenters. The Hall–Kier alpha value is 0.772. The van der Waals surface area contributed by atoms with Crippen molar-refractivity contribution in [3.63, 3.8) is 0 Å². The van der Waals surface area contributed by atoms with Crippen LogP contribution in [-0.4, -0.2) is 27.7 Å². The number of aliphatic hydroxyl groups is 1. The Balaban J connectivity index is 0. The van der Waals surface area contributed by atoms with E-state index in [1.54, 1.807) is 0 Å².